The Hall–Kier alpha value is -3.54. The third-order valence-corrected chi connectivity index (χ3v) is 4.66. The van der Waals surface area contributed by atoms with Crippen molar-refractivity contribution in [2.24, 2.45) is 21.7 Å². The first-order chi connectivity index (χ1) is 14.2. The Bertz CT molecular complexity index is 1270. The third-order valence-electron chi connectivity index (χ3n) is 3.92. The smallest absolute Gasteiger partial charge is 0.276 e. The molecule has 0 saturated heterocycles. The zero-order valence-electron chi connectivity index (χ0n) is 14.9. The number of fused-ring (bicyclic) bond motifs is 1. The number of H-pyrrole nitrogens is 1. The third kappa shape index (κ3) is 4.38. The molecular weight excluding hydrogens is 437 g/mol. The summed E-state index contributed by atoms with van der Waals surface area (Å²) in [4.78, 5) is 29.6. The van der Waals surface area contributed by atoms with Gasteiger partial charge in [0.1, 0.15) is 11.8 Å². The molecule has 3 aromatic rings. The second-order valence-electron chi connectivity index (χ2n) is 5.96. The van der Waals surface area contributed by atoms with Gasteiger partial charge >= 0.3 is 0 Å². The number of nitrogens with one attached hydrogen (secondary N) is 1. The van der Waals surface area contributed by atoms with E-state index in [0.29, 0.717) is 0 Å². The maximum absolute atomic E-state index is 12.6. The molecule has 1 aromatic heterocycles. The van der Waals surface area contributed by atoms with E-state index in [-0.39, 0.29) is 43.7 Å². The topological polar surface area (TPSA) is 186 Å². The number of nitrogens with two attached hydrogens (primary N) is 2. The van der Waals surface area contributed by atoms with Gasteiger partial charge in [-0.3, -0.25) is 14.9 Å². The van der Waals surface area contributed by atoms with Gasteiger partial charge in [0.05, 0.1) is 26.0 Å². The number of hydrogen-bond donors (Lipinski definition) is 4. The largest absolute Gasteiger partial charge is 0.382 e. The summed E-state index contributed by atoms with van der Waals surface area (Å²) in [6, 6.07) is 8.05. The number of nitro groups is 1. The molecule has 0 aliphatic heterocycles. The minimum absolute atomic E-state index is 0.128. The summed E-state index contributed by atoms with van der Waals surface area (Å²) in [7, 11) is 0. The fourth-order valence-electron chi connectivity index (χ4n) is 2.55. The number of non-ortho nitro benzene ring substituents is 1. The highest BCUT2D eigenvalue weighted by molar-refractivity contribution is 6.42. The van der Waals surface area contributed by atoms with Gasteiger partial charge in [0, 0.05) is 12.1 Å². The van der Waals surface area contributed by atoms with E-state index in [1.807, 2.05) is 0 Å². The van der Waals surface area contributed by atoms with Crippen LogP contribution in [0.4, 0.5) is 5.69 Å². The van der Waals surface area contributed by atoms with E-state index in [2.05, 4.69) is 20.2 Å². The highest BCUT2D eigenvalue weighted by Crippen LogP contribution is 2.27. The minimum atomic E-state index is -1.49. The molecule has 0 spiro atoms. The molecule has 1 atom stereocenters. The van der Waals surface area contributed by atoms with Gasteiger partial charge in [-0.25, -0.2) is 4.98 Å². The second-order valence-corrected chi connectivity index (χ2v) is 6.77. The van der Waals surface area contributed by atoms with Crippen LogP contribution in [0.1, 0.15) is 17.4 Å². The zero-order valence-corrected chi connectivity index (χ0v) is 16.4. The molecule has 0 bridgehead atoms. The predicted molar refractivity (Wildman–Crippen MR) is 113 cm³/mol. The lowest BCUT2D eigenvalue weighted by molar-refractivity contribution is -0.384. The normalized spacial score (nSPS) is 12.6. The molecule has 0 aliphatic rings. The number of aliphatic hydroxyl groups is 1. The number of hydrogen-bond acceptors (Lipinski definition) is 7. The Morgan fingerprint density at radius 1 is 1.17 bits per heavy atom. The van der Waals surface area contributed by atoms with Crippen molar-refractivity contribution in [3.05, 3.63) is 78.2 Å². The van der Waals surface area contributed by atoms with Crippen molar-refractivity contribution in [2.45, 2.75) is 6.10 Å². The van der Waals surface area contributed by atoms with Crippen LogP contribution in [-0.4, -0.2) is 31.7 Å². The number of halogens is 2. The number of benzene rings is 2. The van der Waals surface area contributed by atoms with Crippen molar-refractivity contribution in [3.63, 3.8) is 0 Å². The molecule has 11 nitrogen and oxygen atoms in total. The first-order valence-electron chi connectivity index (χ1n) is 8.15. The lowest BCUT2D eigenvalue weighted by Gasteiger charge is -2.13. The fraction of sp³-hybridized carbons (Fsp3) is 0.0588. The van der Waals surface area contributed by atoms with Crippen molar-refractivity contribution in [1.29, 1.82) is 0 Å². The summed E-state index contributed by atoms with van der Waals surface area (Å²) in [5.74, 6) is -0.415. The van der Waals surface area contributed by atoms with Crippen molar-refractivity contribution in [1.82, 2.24) is 9.97 Å². The summed E-state index contributed by atoms with van der Waals surface area (Å²) in [5.41, 5.74) is 9.64. The number of nitrogens with zero attached hydrogens (tertiary/aromatic N) is 4. The maximum Gasteiger partial charge on any atom is 0.276 e. The van der Waals surface area contributed by atoms with Crippen LogP contribution in [0.5, 0.6) is 0 Å². The SMILES string of the molecule is NC(N)=N/N=C(\c1nc2ccc([N+](=O)[O-])cc2[nH]c1=O)C(O)c1ccc(Cl)c(Cl)c1. The number of aliphatic hydroxyl groups excluding tert-OH is 1. The van der Waals surface area contributed by atoms with Gasteiger partial charge in [0.2, 0.25) is 5.96 Å². The minimum Gasteiger partial charge on any atom is -0.382 e. The van der Waals surface area contributed by atoms with E-state index in [1.165, 1.54) is 30.3 Å². The Morgan fingerprint density at radius 3 is 2.53 bits per heavy atom. The Kier molecular flexibility index (Phi) is 5.96. The van der Waals surface area contributed by atoms with Crippen molar-refractivity contribution in [2.75, 3.05) is 0 Å². The molecule has 3 rings (SSSR count). The molecule has 154 valence electrons. The van der Waals surface area contributed by atoms with Gasteiger partial charge in [0.25, 0.3) is 11.2 Å². The van der Waals surface area contributed by atoms with Gasteiger partial charge in [-0.1, -0.05) is 29.3 Å². The predicted octanol–water partition coefficient (Wildman–Crippen LogP) is 1.85. The molecule has 0 radical (unpaired) electrons. The summed E-state index contributed by atoms with van der Waals surface area (Å²) in [5, 5.41) is 29.5. The average molecular weight is 450 g/mol. The summed E-state index contributed by atoms with van der Waals surface area (Å²) in [6.45, 7) is 0. The summed E-state index contributed by atoms with van der Waals surface area (Å²) >= 11 is 11.9. The zero-order chi connectivity index (χ0) is 22.0. The number of nitro benzene ring substituents is 1. The standard InChI is InChI=1S/C17H13Cl2N7O4/c18-9-3-1-7(5-10(9)19)15(27)13(24-25-17(20)21)14-16(28)23-12-6-8(26(29)30)2-4-11(12)22-14/h1-6,15,27H,(H,23,28)(H4,20,21,25)/b24-13+. The lowest BCUT2D eigenvalue weighted by atomic mass is 10.0. The number of guanidine groups is 1. The van der Waals surface area contributed by atoms with E-state index in [4.69, 9.17) is 34.7 Å². The van der Waals surface area contributed by atoms with E-state index in [0.717, 1.165) is 6.07 Å². The summed E-state index contributed by atoms with van der Waals surface area (Å²) in [6.07, 6.45) is -1.49. The molecule has 0 amide bonds. The number of aromatic nitrogens is 2. The van der Waals surface area contributed by atoms with Crippen LogP contribution < -0.4 is 17.0 Å². The van der Waals surface area contributed by atoms with Crippen LogP contribution in [0.3, 0.4) is 0 Å². The fourth-order valence-corrected chi connectivity index (χ4v) is 2.85. The molecule has 0 saturated carbocycles. The van der Waals surface area contributed by atoms with Crippen LogP contribution >= 0.6 is 23.2 Å². The van der Waals surface area contributed by atoms with Crippen molar-refractivity contribution < 1.29 is 10.0 Å². The molecule has 6 N–H and O–H groups in total. The van der Waals surface area contributed by atoms with Gasteiger partial charge in [-0.2, -0.15) is 0 Å². The van der Waals surface area contributed by atoms with Crippen molar-refractivity contribution >= 4 is 51.6 Å². The van der Waals surface area contributed by atoms with Crippen LogP contribution in [0, 0.1) is 10.1 Å². The number of rotatable bonds is 5. The highest BCUT2D eigenvalue weighted by Gasteiger charge is 2.23. The van der Waals surface area contributed by atoms with Gasteiger partial charge in [0.15, 0.2) is 5.69 Å². The van der Waals surface area contributed by atoms with Gasteiger partial charge < -0.3 is 21.6 Å². The van der Waals surface area contributed by atoms with Crippen LogP contribution in [0.15, 0.2) is 51.4 Å². The van der Waals surface area contributed by atoms with Crippen LogP contribution in [0.25, 0.3) is 11.0 Å². The van der Waals surface area contributed by atoms with Gasteiger partial charge in [-0.05, 0) is 23.8 Å². The Morgan fingerprint density at radius 2 is 1.90 bits per heavy atom. The maximum atomic E-state index is 12.6. The second kappa shape index (κ2) is 8.45. The van der Waals surface area contributed by atoms with Crippen LogP contribution in [-0.2, 0) is 0 Å². The van der Waals surface area contributed by atoms with E-state index >= 15 is 0 Å². The average Bonchev–Trinajstić information content (AvgIpc) is 2.69. The lowest BCUT2D eigenvalue weighted by Crippen LogP contribution is -2.27. The molecule has 0 aliphatic carbocycles. The van der Waals surface area contributed by atoms with Crippen LogP contribution in [0.2, 0.25) is 10.0 Å². The van der Waals surface area contributed by atoms with Gasteiger partial charge in [-0.15, -0.1) is 10.2 Å². The van der Waals surface area contributed by atoms with E-state index in [1.54, 1.807) is 0 Å². The Labute approximate surface area is 177 Å². The molecule has 2 aromatic carbocycles. The first-order valence-corrected chi connectivity index (χ1v) is 8.91. The molecule has 13 heteroatoms. The quantitative estimate of drug-likeness (QED) is 0.198. The van der Waals surface area contributed by atoms with E-state index < -0.39 is 22.5 Å². The molecule has 1 unspecified atom stereocenters. The highest BCUT2D eigenvalue weighted by atomic mass is 35.5. The van der Waals surface area contributed by atoms with Crippen molar-refractivity contribution in [3.8, 4) is 0 Å². The number of aromatic amines is 1. The molecule has 1 heterocycles. The van der Waals surface area contributed by atoms with E-state index in [9.17, 15) is 20.0 Å². The summed E-state index contributed by atoms with van der Waals surface area (Å²) < 4.78 is 0. The molecular formula is C17H13Cl2N7O4. The first kappa shape index (κ1) is 21.2. The molecule has 0 fully saturated rings. The molecule has 30 heavy (non-hydrogen) atoms. The Balaban J connectivity index is 2.18. The monoisotopic (exact) mass is 449 g/mol.